The van der Waals surface area contributed by atoms with Crippen molar-refractivity contribution < 1.29 is 13.2 Å². The minimum Gasteiger partial charge on any atom is -0.286 e. The zero-order valence-electron chi connectivity index (χ0n) is 10.4. The molecule has 0 saturated heterocycles. The van der Waals surface area contributed by atoms with Crippen LogP contribution in [-0.4, -0.2) is 23.7 Å². The number of benzene rings is 1. The van der Waals surface area contributed by atoms with Crippen molar-refractivity contribution in [2.24, 2.45) is 0 Å². The highest BCUT2D eigenvalue weighted by Crippen LogP contribution is 2.38. The van der Waals surface area contributed by atoms with Gasteiger partial charge in [0, 0.05) is 18.2 Å². The summed E-state index contributed by atoms with van der Waals surface area (Å²) in [5, 5.41) is 0. The van der Waals surface area contributed by atoms with E-state index in [4.69, 9.17) is 0 Å². The first-order chi connectivity index (χ1) is 8.39. The summed E-state index contributed by atoms with van der Waals surface area (Å²) in [6.45, 7) is 3.81. The van der Waals surface area contributed by atoms with Crippen LogP contribution in [0.3, 0.4) is 0 Å². The van der Waals surface area contributed by atoms with Crippen LogP contribution in [0.1, 0.15) is 25.5 Å². The SMILES string of the molecule is CC(C)N1CC(C(F)(F)F)=CC1c1ccccc1. The number of nitrogens with zero attached hydrogens (tertiary/aromatic N) is 1. The van der Waals surface area contributed by atoms with Gasteiger partial charge in [-0.25, -0.2) is 0 Å². The average molecular weight is 255 g/mol. The van der Waals surface area contributed by atoms with E-state index in [0.717, 1.165) is 5.56 Å². The Balaban J connectivity index is 2.33. The minimum absolute atomic E-state index is 0.0271. The van der Waals surface area contributed by atoms with Crippen LogP contribution < -0.4 is 0 Å². The number of halogens is 3. The molecule has 1 unspecified atom stereocenters. The second-order valence-electron chi connectivity index (χ2n) is 4.81. The lowest BCUT2D eigenvalue weighted by Crippen LogP contribution is -2.32. The second-order valence-corrected chi connectivity index (χ2v) is 4.81. The third-order valence-corrected chi connectivity index (χ3v) is 3.24. The summed E-state index contributed by atoms with van der Waals surface area (Å²) < 4.78 is 38.4. The lowest BCUT2D eigenvalue weighted by molar-refractivity contribution is -0.0939. The van der Waals surface area contributed by atoms with E-state index < -0.39 is 11.7 Å². The Kier molecular flexibility index (Phi) is 3.48. The van der Waals surface area contributed by atoms with Gasteiger partial charge in [-0.15, -0.1) is 0 Å². The summed E-state index contributed by atoms with van der Waals surface area (Å²) in [4.78, 5) is 1.86. The predicted molar refractivity (Wildman–Crippen MR) is 65.2 cm³/mol. The zero-order valence-corrected chi connectivity index (χ0v) is 10.4. The fourth-order valence-electron chi connectivity index (χ4n) is 2.26. The Hall–Kier alpha value is -1.29. The van der Waals surface area contributed by atoms with Crippen molar-refractivity contribution in [3.05, 3.63) is 47.5 Å². The van der Waals surface area contributed by atoms with Crippen LogP contribution in [0.15, 0.2) is 42.0 Å². The molecule has 0 bridgehead atoms. The molecular weight excluding hydrogens is 239 g/mol. The molecule has 1 heterocycles. The largest absolute Gasteiger partial charge is 0.413 e. The van der Waals surface area contributed by atoms with Crippen molar-refractivity contribution in [2.45, 2.75) is 32.1 Å². The average Bonchev–Trinajstić information content (AvgIpc) is 2.74. The molecule has 0 spiro atoms. The highest BCUT2D eigenvalue weighted by Gasteiger charge is 2.41. The van der Waals surface area contributed by atoms with Crippen molar-refractivity contribution in [3.8, 4) is 0 Å². The van der Waals surface area contributed by atoms with E-state index >= 15 is 0 Å². The van der Waals surface area contributed by atoms with Crippen molar-refractivity contribution >= 4 is 0 Å². The number of alkyl halides is 3. The first-order valence-electron chi connectivity index (χ1n) is 5.98. The minimum atomic E-state index is -4.23. The Morgan fingerprint density at radius 3 is 2.28 bits per heavy atom. The van der Waals surface area contributed by atoms with E-state index in [-0.39, 0.29) is 18.6 Å². The highest BCUT2D eigenvalue weighted by atomic mass is 19.4. The fraction of sp³-hybridized carbons (Fsp3) is 0.429. The summed E-state index contributed by atoms with van der Waals surface area (Å²) >= 11 is 0. The molecule has 1 aromatic rings. The van der Waals surface area contributed by atoms with Gasteiger partial charge in [0.25, 0.3) is 0 Å². The molecule has 1 nitrogen and oxygen atoms in total. The molecule has 1 aliphatic rings. The van der Waals surface area contributed by atoms with Gasteiger partial charge in [-0.2, -0.15) is 13.2 Å². The lowest BCUT2D eigenvalue weighted by Gasteiger charge is -2.28. The molecule has 18 heavy (non-hydrogen) atoms. The molecule has 1 aliphatic heterocycles. The van der Waals surface area contributed by atoms with Crippen molar-refractivity contribution in [2.75, 3.05) is 6.54 Å². The maximum atomic E-state index is 12.8. The quantitative estimate of drug-likeness (QED) is 0.723. The van der Waals surface area contributed by atoms with Gasteiger partial charge in [0.2, 0.25) is 0 Å². The predicted octanol–water partition coefficient (Wildman–Crippen LogP) is 3.94. The monoisotopic (exact) mass is 255 g/mol. The standard InChI is InChI=1S/C14H16F3N/c1-10(2)18-9-12(14(15,16)17)8-13(18)11-6-4-3-5-7-11/h3-8,10,13H,9H2,1-2H3. The molecule has 0 amide bonds. The molecule has 4 heteroatoms. The molecule has 2 rings (SSSR count). The van der Waals surface area contributed by atoms with Crippen LogP contribution in [0, 0.1) is 0 Å². The summed E-state index contributed by atoms with van der Waals surface area (Å²) in [6.07, 6.45) is -2.88. The van der Waals surface area contributed by atoms with Gasteiger partial charge in [-0.1, -0.05) is 36.4 Å². The van der Waals surface area contributed by atoms with Crippen LogP contribution >= 0.6 is 0 Å². The molecular formula is C14H16F3N. The lowest BCUT2D eigenvalue weighted by atomic mass is 10.1. The number of hydrogen-bond acceptors (Lipinski definition) is 1. The van der Waals surface area contributed by atoms with E-state index in [0.29, 0.717) is 0 Å². The van der Waals surface area contributed by atoms with Crippen LogP contribution in [-0.2, 0) is 0 Å². The Morgan fingerprint density at radius 1 is 1.17 bits per heavy atom. The van der Waals surface area contributed by atoms with E-state index in [1.54, 1.807) is 0 Å². The van der Waals surface area contributed by atoms with Gasteiger partial charge in [0.15, 0.2) is 0 Å². The third kappa shape index (κ3) is 2.58. The smallest absolute Gasteiger partial charge is 0.286 e. The molecule has 0 aromatic heterocycles. The number of hydrogen-bond donors (Lipinski definition) is 0. The summed E-state index contributed by atoms with van der Waals surface area (Å²) in [7, 11) is 0. The molecule has 0 N–H and O–H groups in total. The second kappa shape index (κ2) is 4.76. The highest BCUT2D eigenvalue weighted by molar-refractivity contribution is 5.31. The van der Waals surface area contributed by atoms with Gasteiger partial charge in [-0.05, 0) is 19.4 Å². The number of rotatable bonds is 2. The Morgan fingerprint density at radius 2 is 1.78 bits per heavy atom. The molecule has 0 aliphatic carbocycles. The van der Waals surface area contributed by atoms with Crippen LogP contribution in [0.2, 0.25) is 0 Å². The maximum absolute atomic E-state index is 12.8. The van der Waals surface area contributed by atoms with E-state index in [9.17, 15) is 13.2 Å². The van der Waals surface area contributed by atoms with Gasteiger partial charge in [0.1, 0.15) is 0 Å². The first-order valence-corrected chi connectivity index (χ1v) is 5.98. The summed E-state index contributed by atoms with van der Waals surface area (Å²) in [5.74, 6) is 0. The van der Waals surface area contributed by atoms with Gasteiger partial charge in [-0.3, -0.25) is 4.90 Å². The summed E-state index contributed by atoms with van der Waals surface area (Å²) in [6, 6.07) is 9.12. The van der Waals surface area contributed by atoms with Crippen molar-refractivity contribution in [1.82, 2.24) is 4.90 Å². The van der Waals surface area contributed by atoms with Gasteiger partial charge < -0.3 is 0 Å². The summed E-state index contributed by atoms with van der Waals surface area (Å²) in [5.41, 5.74) is 0.468. The topological polar surface area (TPSA) is 3.24 Å². The Bertz CT molecular complexity index is 434. The van der Waals surface area contributed by atoms with E-state index in [1.165, 1.54) is 6.08 Å². The molecule has 0 fully saturated rings. The van der Waals surface area contributed by atoms with Crippen molar-refractivity contribution in [3.63, 3.8) is 0 Å². The van der Waals surface area contributed by atoms with Crippen molar-refractivity contribution in [1.29, 1.82) is 0 Å². The van der Waals surface area contributed by atoms with Crippen LogP contribution in [0.5, 0.6) is 0 Å². The molecule has 0 radical (unpaired) electrons. The maximum Gasteiger partial charge on any atom is 0.413 e. The normalized spacial score (nSPS) is 21.4. The molecule has 1 atom stereocenters. The fourth-order valence-corrected chi connectivity index (χ4v) is 2.26. The third-order valence-electron chi connectivity index (χ3n) is 3.24. The van der Waals surface area contributed by atoms with E-state index in [1.807, 2.05) is 49.1 Å². The Labute approximate surface area is 105 Å². The van der Waals surface area contributed by atoms with Crippen LogP contribution in [0.25, 0.3) is 0 Å². The molecule has 98 valence electrons. The first kappa shape index (κ1) is 13.1. The van der Waals surface area contributed by atoms with Crippen LogP contribution in [0.4, 0.5) is 13.2 Å². The van der Waals surface area contributed by atoms with Gasteiger partial charge in [0.05, 0.1) is 6.04 Å². The molecule has 0 saturated carbocycles. The van der Waals surface area contributed by atoms with E-state index in [2.05, 4.69) is 0 Å². The van der Waals surface area contributed by atoms with Gasteiger partial charge >= 0.3 is 6.18 Å². The molecule has 1 aromatic carbocycles. The zero-order chi connectivity index (χ0) is 13.3.